The van der Waals surface area contributed by atoms with Gasteiger partial charge in [0.05, 0.1) is 11.4 Å². The number of rotatable bonds is 2. The molecule has 2 aromatic carbocycles. The van der Waals surface area contributed by atoms with Crippen LogP contribution in [-0.4, -0.2) is 16.9 Å². The first-order chi connectivity index (χ1) is 9.97. The van der Waals surface area contributed by atoms with Crippen LogP contribution < -0.4 is 10.6 Å². The molecule has 0 unspecified atom stereocenters. The summed E-state index contributed by atoms with van der Waals surface area (Å²) in [6.07, 6.45) is 0. The van der Waals surface area contributed by atoms with Gasteiger partial charge in [0.15, 0.2) is 0 Å². The zero-order valence-corrected chi connectivity index (χ0v) is 12.8. The Labute approximate surface area is 130 Å². The molecular formula is C15H13BrN2O3. The number of carbonyl (C=O) groups excluding carboxylic acids is 2. The molecule has 0 saturated heterocycles. The third-order valence-electron chi connectivity index (χ3n) is 2.73. The third kappa shape index (κ3) is 3.82. The van der Waals surface area contributed by atoms with Crippen molar-refractivity contribution in [1.29, 1.82) is 0 Å². The van der Waals surface area contributed by atoms with Crippen molar-refractivity contribution < 1.29 is 14.7 Å². The number of hydrogen-bond donors (Lipinski definition) is 3. The lowest BCUT2D eigenvalue weighted by atomic mass is 10.2. The summed E-state index contributed by atoms with van der Waals surface area (Å²) < 4.78 is 0.686. The van der Waals surface area contributed by atoms with E-state index in [1.807, 2.05) is 19.1 Å². The molecule has 0 spiro atoms. The number of aromatic hydroxyl groups is 1. The molecule has 0 aliphatic rings. The fourth-order valence-corrected chi connectivity index (χ4v) is 2.25. The lowest BCUT2D eigenvalue weighted by Crippen LogP contribution is -2.29. The van der Waals surface area contributed by atoms with E-state index in [0.717, 1.165) is 5.56 Å². The molecule has 5 nitrogen and oxygen atoms in total. The van der Waals surface area contributed by atoms with Crippen LogP contribution in [0.3, 0.4) is 0 Å². The molecule has 21 heavy (non-hydrogen) atoms. The molecule has 0 saturated carbocycles. The summed E-state index contributed by atoms with van der Waals surface area (Å²) in [5, 5.41) is 14.4. The number of halogens is 1. The van der Waals surface area contributed by atoms with Gasteiger partial charge in [0, 0.05) is 4.47 Å². The van der Waals surface area contributed by atoms with Gasteiger partial charge in [-0.3, -0.25) is 9.59 Å². The molecule has 3 N–H and O–H groups in total. The van der Waals surface area contributed by atoms with Crippen LogP contribution in [0.15, 0.2) is 46.9 Å². The molecule has 0 fully saturated rings. The Kier molecular flexibility index (Phi) is 4.59. The molecule has 108 valence electrons. The number of benzene rings is 2. The van der Waals surface area contributed by atoms with Gasteiger partial charge in [-0.2, -0.15) is 0 Å². The van der Waals surface area contributed by atoms with E-state index in [-0.39, 0.29) is 11.4 Å². The first kappa shape index (κ1) is 15.1. The number of para-hydroxylation sites is 2. The van der Waals surface area contributed by atoms with Gasteiger partial charge in [0.1, 0.15) is 5.75 Å². The average molecular weight is 349 g/mol. The standard InChI is InChI=1S/C15H13BrN2O3/c1-9-6-7-11(10(16)8-9)17-14(20)15(21)18-12-4-2-3-5-13(12)19/h2-8,19H,1H3,(H,17,20)(H,18,21). The summed E-state index contributed by atoms with van der Waals surface area (Å²) in [7, 11) is 0. The first-order valence-electron chi connectivity index (χ1n) is 6.14. The smallest absolute Gasteiger partial charge is 0.314 e. The highest BCUT2D eigenvalue weighted by Gasteiger charge is 2.16. The lowest BCUT2D eigenvalue weighted by Gasteiger charge is -2.09. The van der Waals surface area contributed by atoms with Gasteiger partial charge < -0.3 is 15.7 Å². The van der Waals surface area contributed by atoms with E-state index in [9.17, 15) is 14.7 Å². The van der Waals surface area contributed by atoms with E-state index in [4.69, 9.17) is 0 Å². The number of hydrogen-bond acceptors (Lipinski definition) is 3. The van der Waals surface area contributed by atoms with E-state index >= 15 is 0 Å². The van der Waals surface area contributed by atoms with Crippen molar-refractivity contribution in [3.05, 3.63) is 52.5 Å². The maximum Gasteiger partial charge on any atom is 0.314 e. The number of phenols is 1. The molecule has 6 heteroatoms. The fraction of sp³-hybridized carbons (Fsp3) is 0.0667. The number of phenolic OH excluding ortho intramolecular Hbond substituents is 1. The predicted molar refractivity (Wildman–Crippen MR) is 84.2 cm³/mol. The summed E-state index contributed by atoms with van der Waals surface area (Å²) in [6, 6.07) is 11.5. The number of aryl methyl sites for hydroxylation is 1. The van der Waals surface area contributed by atoms with Crippen molar-refractivity contribution >= 4 is 39.1 Å². The summed E-state index contributed by atoms with van der Waals surface area (Å²) >= 11 is 3.32. The maximum absolute atomic E-state index is 11.8. The minimum atomic E-state index is -0.857. The Morgan fingerprint density at radius 3 is 2.24 bits per heavy atom. The third-order valence-corrected chi connectivity index (χ3v) is 3.39. The van der Waals surface area contributed by atoms with Gasteiger partial charge in [-0.25, -0.2) is 0 Å². The van der Waals surface area contributed by atoms with E-state index < -0.39 is 11.8 Å². The summed E-state index contributed by atoms with van der Waals surface area (Å²) in [5.74, 6) is -1.78. The minimum absolute atomic E-state index is 0.102. The normalized spacial score (nSPS) is 10.0. The van der Waals surface area contributed by atoms with Crippen molar-refractivity contribution in [2.24, 2.45) is 0 Å². The van der Waals surface area contributed by atoms with Crippen LogP contribution in [0, 0.1) is 6.92 Å². The number of carbonyl (C=O) groups is 2. The topological polar surface area (TPSA) is 78.4 Å². The lowest BCUT2D eigenvalue weighted by molar-refractivity contribution is -0.133. The Hall–Kier alpha value is -2.34. The molecule has 2 amide bonds. The van der Waals surface area contributed by atoms with E-state index in [1.54, 1.807) is 18.2 Å². The van der Waals surface area contributed by atoms with Crippen LogP contribution >= 0.6 is 15.9 Å². The van der Waals surface area contributed by atoms with E-state index in [2.05, 4.69) is 26.6 Å². The largest absolute Gasteiger partial charge is 0.506 e. The van der Waals surface area contributed by atoms with Gasteiger partial charge in [-0.1, -0.05) is 18.2 Å². The number of amides is 2. The van der Waals surface area contributed by atoms with Gasteiger partial charge >= 0.3 is 11.8 Å². The van der Waals surface area contributed by atoms with Crippen molar-refractivity contribution in [2.45, 2.75) is 6.92 Å². The average Bonchev–Trinajstić information content (AvgIpc) is 2.44. The molecule has 0 bridgehead atoms. The molecule has 2 rings (SSSR count). The molecule has 0 radical (unpaired) electrons. The van der Waals surface area contributed by atoms with Crippen LogP contribution in [-0.2, 0) is 9.59 Å². The quantitative estimate of drug-likeness (QED) is 0.576. The Morgan fingerprint density at radius 1 is 1.00 bits per heavy atom. The first-order valence-corrected chi connectivity index (χ1v) is 6.93. The summed E-state index contributed by atoms with van der Waals surface area (Å²) in [4.78, 5) is 23.6. The van der Waals surface area contributed by atoms with E-state index in [0.29, 0.717) is 10.2 Å². The molecule has 2 aromatic rings. The fourth-order valence-electron chi connectivity index (χ4n) is 1.66. The molecule has 0 atom stereocenters. The highest BCUT2D eigenvalue weighted by molar-refractivity contribution is 9.10. The molecule has 0 aliphatic heterocycles. The number of nitrogens with one attached hydrogen (secondary N) is 2. The second-order valence-electron chi connectivity index (χ2n) is 4.41. The predicted octanol–water partition coefficient (Wildman–Crippen LogP) is 3.04. The molecular weight excluding hydrogens is 336 g/mol. The Morgan fingerprint density at radius 2 is 1.62 bits per heavy atom. The SMILES string of the molecule is Cc1ccc(NC(=O)C(=O)Nc2ccccc2O)c(Br)c1. The van der Waals surface area contributed by atoms with Gasteiger partial charge in [-0.15, -0.1) is 0 Å². The van der Waals surface area contributed by atoms with Gasteiger partial charge in [-0.05, 0) is 52.7 Å². The summed E-state index contributed by atoms with van der Waals surface area (Å²) in [5.41, 5.74) is 1.71. The second kappa shape index (κ2) is 6.41. The molecule has 0 aliphatic carbocycles. The Balaban J connectivity index is 2.06. The highest BCUT2D eigenvalue weighted by atomic mass is 79.9. The zero-order chi connectivity index (χ0) is 15.4. The van der Waals surface area contributed by atoms with Crippen molar-refractivity contribution in [1.82, 2.24) is 0 Å². The van der Waals surface area contributed by atoms with E-state index in [1.165, 1.54) is 12.1 Å². The summed E-state index contributed by atoms with van der Waals surface area (Å²) in [6.45, 7) is 1.92. The minimum Gasteiger partial charge on any atom is -0.506 e. The van der Waals surface area contributed by atoms with Crippen molar-refractivity contribution in [2.75, 3.05) is 10.6 Å². The monoisotopic (exact) mass is 348 g/mol. The zero-order valence-electron chi connectivity index (χ0n) is 11.2. The second-order valence-corrected chi connectivity index (χ2v) is 5.26. The van der Waals surface area contributed by atoms with Gasteiger partial charge in [0.25, 0.3) is 0 Å². The highest BCUT2D eigenvalue weighted by Crippen LogP contribution is 2.24. The Bertz CT molecular complexity index is 701. The van der Waals surface area contributed by atoms with Crippen LogP contribution in [0.2, 0.25) is 0 Å². The van der Waals surface area contributed by atoms with Gasteiger partial charge in [0.2, 0.25) is 0 Å². The van der Waals surface area contributed by atoms with Crippen molar-refractivity contribution in [3.8, 4) is 5.75 Å². The van der Waals surface area contributed by atoms with Crippen LogP contribution in [0.5, 0.6) is 5.75 Å². The van der Waals surface area contributed by atoms with Crippen LogP contribution in [0.25, 0.3) is 0 Å². The maximum atomic E-state index is 11.8. The van der Waals surface area contributed by atoms with Crippen molar-refractivity contribution in [3.63, 3.8) is 0 Å². The van der Waals surface area contributed by atoms with Crippen LogP contribution in [0.1, 0.15) is 5.56 Å². The molecule has 0 aromatic heterocycles. The van der Waals surface area contributed by atoms with Crippen LogP contribution in [0.4, 0.5) is 11.4 Å². The molecule has 0 heterocycles. The number of anilines is 2.